The Kier molecular flexibility index (Phi) is 3.46. The van der Waals surface area contributed by atoms with E-state index in [1.54, 1.807) is 0 Å². The molecule has 1 aliphatic heterocycles. The lowest BCUT2D eigenvalue weighted by molar-refractivity contribution is -0.124. The molecule has 4 heteroatoms. The minimum atomic E-state index is 0.00324. The maximum Gasteiger partial charge on any atom is 0.220 e. The normalized spacial score (nSPS) is 25.2. The summed E-state index contributed by atoms with van der Waals surface area (Å²) >= 11 is 6.11. The Morgan fingerprint density at radius 1 is 1.44 bits per heavy atom. The molecule has 0 aliphatic carbocycles. The Morgan fingerprint density at radius 3 is 2.88 bits per heavy atom. The van der Waals surface area contributed by atoms with Crippen LogP contribution in [-0.2, 0) is 4.79 Å². The molecule has 16 heavy (non-hydrogen) atoms. The summed E-state index contributed by atoms with van der Waals surface area (Å²) in [4.78, 5) is 11.5. The number of carbonyl (C=O) groups excluding carboxylic acids is 1. The van der Waals surface area contributed by atoms with Crippen LogP contribution in [-0.4, -0.2) is 12.5 Å². The maximum atomic E-state index is 11.5. The quantitative estimate of drug-likeness (QED) is 0.827. The van der Waals surface area contributed by atoms with E-state index < -0.39 is 0 Å². The number of hydrogen-bond donors (Lipinski definition) is 2. The Hall–Kier alpha value is -1.06. The van der Waals surface area contributed by atoms with Gasteiger partial charge in [-0.25, -0.2) is 0 Å². The van der Waals surface area contributed by atoms with Crippen LogP contribution in [0.25, 0.3) is 0 Å². The minimum Gasteiger partial charge on any atom is -0.349 e. The van der Waals surface area contributed by atoms with E-state index >= 15 is 0 Å². The Bertz CT molecular complexity index is 394. The van der Waals surface area contributed by atoms with E-state index in [9.17, 15) is 4.79 Å². The zero-order chi connectivity index (χ0) is 11.5. The molecule has 3 N–H and O–H groups in total. The standard InChI is InChI=1S/C12H15ClN2O/c13-10-4-2-1-3-9(10)11-5-8(7-14)6-12(16)15-11/h1-4,8,11H,5-7,14H2,(H,15,16). The fourth-order valence-corrected chi connectivity index (χ4v) is 2.40. The van der Waals surface area contributed by atoms with Gasteiger partial charge in [0.15, 0.2) is 0 Å². The minimum absolute atomic E-state index is 0.00324. The third-order valence-corrected chi connectivity index (χ3v) is 3.34. The van der Waals surface area contributed by atoms with Crippen molar-refractivity contribution in [1.29, 1.82) is 0 Å². The van der Waals surface area contributed by atoms with Crippen molar-refractivity contribution in [2.45, 2.75) is 18.9 Å². The third-order valence-electron chi connectivity index (χ3n) is 2.99. The first-order chi connectivity index (χ1) is 7.70. The maximum absolute atomic E-state index is 11.5. The van der Waals surface area contributed by atoms with Crippen molar-refractivity contribution in [3.05, 3.63) is 34.9 Å². The Labute approximate surface area is 100.0 Å². The molecule has 1 aromatic rings. The first-order valence-electron chi connectivity index (χ1n) is 5.44. The van der Waals surface area contributed by atoms with E-state index in [1.165, 1.54) is 0 Å². The topological polar surface area (TPSA) is 55.1 Å². The Morgan fingerprint density at radius 2 is 2.19 bits per heavy atom. The molecule has 1 aromatic carbocycles. The predicted octanol–water partition coefficient (Wildman–Crippen LogP) is 1.87. The molecule has 2 rings (SSSR count). The highest BCUT2D eigenvalue weighted by atomic mass is 35.5. The summed E-state index contributed by atoms with van der Waals surface area (Å²) in [6, 6.07) is 7.61. The van der Waals surface area contributed by atoms with E-state index in [4.69, 9.17) is 17.3 Å². The number of nitrogens with one attached hydrogen (secondary N) is 1. The first kappa shape index (κ1) is 11.4. The summed E-state index contributed by atoms with van der Waals surface area (Å²) < 4.78 is 0. The van der Waals surface area contributed by atoms with Gasteiger partial charge >= 0.3 is 0 Å². The number of benzene rings is 1. The number of hydrogen-bond acceptors (Lipinski definition) is 2. The molecule has 0 radical (unpaired) electrons. The molecule has 0 aromatic heterocycles. The van der Waals surface area contributed by atoms with Crippen molar-refractivity contribution < 1.29 is 4.79 Å². The second kappa shape index (κ2) is 4.85. The number of amides is 1. The van der Waals surface area contributed by atoms with Crippen LogP contribution in [0.1, 0.15) is 24.4 Å². The van der Waals surface area contributed by atoms with Crippen molar-refractivity contribution in [3.63, 3.8) is 0 Å². The smallest absolute Gasteiger partial charge is 0.220 e. The van der Waals surface area contributed by atoms with Crippen LogP contribution < -0.4 is 11.1 Å². The van der Waals surface area contributed by atoms with Crippen LogP contribution in [0.15, 0.2) is 24.3 Å². The fraction of sp³-hybridized carbons (Fsp3) is 0.417. The van der Waals surface area contributed by atoms with E-state index in [2.05, 4.69) is 5.32 Å². The van der Waals surface area contributed by atoms with Crippen LogP contribution in [0.3, 0.4) is 0 Å². The van der Waals surface area contributed by atoms with Gasteiger partial charge in [-0.05, 0) is 30.5 Å². The van der Waals surface area contributed by atoms with E-state index in [1.807, 2.05) is 24.3 Å². The lowest BCUT2D eigenvalue weighted by atomic mass is 9.88. The number of piperidine rings is 1. The van der Waals surface area contributed by atoms with Crippen molar-refractivity contribution in [3.8, 4) is 0 Å². The first-order valence-corrected chi connectivity index (χ1v) is 5.82. The molecular weight excluding hydrogens is 224 g/mol. The van der Waals surface area contributed by atoms with Crippen LogP contribution >= 0.6 is 11.6 Å². The zero-order valence-electron chi connectivity index (χ0n) is 8.95. The predicted molar refractivity (Wildman–Crippen MR) is 64.1 cm³/mol. The van der Waals surface area contributed by atoms with Crippen molar-refractivity contribution in [2.75, 3.05) is 6.54 Å². The highest BCUT2D eigenvalue weighted by Gasteiger charge is 2.27. The average molecular weight is 239 g/mol. The number of halogens is 1. The molecule has 0 bridgehead atoms. The van der Waals surface area contributed by atoms with Crippen molar-refractivity contribution >= 4 is 17.5 Å². The molecule has 2 atom stereocenters. The van der Waals surface area contributed by atoms with Gasteiger partial charge in [-0.2, -0.15) is 0 Å². The zero-order valence-corrected chi connectivity index (χ0v) is 9.70. The van der Waals surface area contributed by atoms with Crippen molar-refractivity contribution in [2.24, 2.45) is 11.7 Å². The molecule has 1 amide bonds. The van der Waals surface area contributed by atoms with Crippen LogP contribution in [0.4, 0.5) is 0 Å². The van der Waals surface area contributed by atoms with Crippen LogP contribution in [0.2, 0.25) is 5.02 Å². The highest BCUT2D eigenvalue weighted by molar-refractivity contribution is 6.31. The lowest BCUT2D eigenvalue weighted by Crippen LogP contribution is -2.39. The largest absolute Gasteiger partial charge is 0.349 e. The summed E-state index contributed by atoms with van der Waals surface area (Å²) in [5.74, 6) is 0.321. The summed E-state index contributed by atoms with van der Waals surface area (Å²) in [6.45, 7) is 0.550. The monoisotopic (exact) mass is 238 g/mol. The Balaban J connectivity index is 2.21. The summed E-state index contributed by atoms with van der Waals surface area (Å²) in [5, 5.41) is 3.66. The van der Waals surface area contributed by atoms with Gasteiger partial charge in [0.25, 0.3) is 0 Å². The van der Waals surface area contributed by atoms with Gasteiger partial charge in [-0.3, -0.25) is 4.79 Å². The molecule has 1 aliphatic rings. The number of nitrogens with two attached hydrogens (primary N) is 1. The van der Waals surface area contributed by atoms with Gasteiger partial charge in [-0.15, -0.1) is 0 Å². The third kappa shape index (κ3) is 2.36. The van der Waals surface area contributed by atoms with Gasteiger partial charge in [0.05, 0.1) is 6.04 Å². The van der Waals surface area contributed by atoms with Gasteiger partial charge in [-0.1, -0.05) is 29.8 Å². The molecule has 0 spiro atoms. The number of carbonyl (C=O) groups is 1. The highest BCUT2D eigenvalue weighted by Crippen LogP contribution is 2.31. The molecular formula is C12H15ClN2O. The molecule has 86 valence electrons. The molecule has 1 fully saturated rings. The summed E-state index contributed by atoms with van der Waals surface area (Å²) in [5.41, 5.74) is 6.61. The van der Waals surface area contributed by atoms with Crippen molar-refractivity contribution in [1.82, 2.24) is 5.32 Å². The van der Waals surface area contributed by atoms with E-state index in [-0.39, 0.29) is 17.9 Å². The molecule has 2 unspecified atom stereocenters. The van der Waals surface area contributed by atoms with E-state index in [0.717, 1.165) is 12.0 Å². The second-order valence-electron chi connectivity index (χ2n) is 4.18. The van der Waals surface area contributed by atoms with Gasteiger partial charge in [0.2, 0.25) is 5.91 Å². The van der Waals surface area contributed by atoms with Gasteiger partial charge < -0.3 is 11.1 Å². The molecule has 0 saturated carbocycles. The fourth-order valence-electron chi connectivity index (χ4n) is 2.13. The molecule has 1 heterocycles. The number of rotatable bonds is 2. The average Bonchev–Trinajstić information content (AvgIpc) is 2.28. The van der Waals surface area contributed by atoms with Crippen LogP contribution in [0.5, 0.6) is 0 Å². The lowest BCUT2D eigenvalue weighted by Gasteiger charge is -2.29. The van der Waals surface area contributed by atoms with Gasteiger partial charge in [0.1, 0.15) is 0 Å². The van der Waals surface area contributed by atoms with E-state index in [0.29, 0.717) is 18.0 Å². The van der Waals surface area contributed by atoms with Gasteiger partial charge in [0, 0.05) is 11.4 Å². The molecule has 3 nitrogen and oxygen atoms in total. The second-order valence-corrected chi connectivity index (χ2v) is 4.59. The summed E-state index contributed by atoms with van der Waals surface area (Å²) in [6.07, 6.45) is 1.39. The molecule has 1 saturated heterocycles. The summed E-state index contributed by atoms with van der Waals surface area (Å²) in [7, 11) is 0. The van der Waals surface area contributed by atoms with Crippen LogP contribution in [0, 0.1) is 5.92 Å². The SMILES string of the molecule is NCC1CC(=O)NC(c2ccccc2Cl)C1.